The van der Waals surface area contributed by atoms with Gasteiger partial charge in [-0.25, -0.2) is 4.68 Å². The fourth-order valence-electron chi connectivity index (χ4n) is 2.99. The lowest BCUT2D eigenvalue weighted by Crippen LogP contribution is -2.07. The standard InChI is InChI=1S/C22H15F6N3O/c23-21(24,25)15-3-1-14(2-4-15)19-10-9-18(32-19)13-29-16-5-7-17(8-6-16)31-12-11-20(30-31)22(26,27)28/h1-12,29H,13H2. The lowest BCUT2D eigenvalue weighted by Gasteiger charge is -2.07. The molecule has 0 aliphatic heterocycles. The molecule has 0 bridgehead atoms. The third kappa shape index (κ3) is 4.79. The summed E-state index contributed by atoms with van der Waals surface area (Å²) in [5, 5.41) is 6.63. The number of aromatic nitrogens is 2. The van der Waals surface area contributed by atoms with Crippen LogP contribution >= 0.6 is 0 Å². The molecule has 0 unspecified atom stereocenters. The van der Waals surface area contributed by atoms with Gasteiger partial charge < -0.3 is 9.73 Å². The van der Waals surface area contributed by atoms with Gasteiger partial charge in [0.05, 0.1) is 17.8 Å². The van der Waals surface area contributed by atoms with E-state index in [0.29, 0.717) is 35.0 Å². The third-order valence-electron chi connectivity index (χ3n) is 4.64. The normalized spacial score (nSPS) is 12.2. The van der Waals surface area contributed by atoms with Gasteiger partial charge in [0.25, 0.3) is 0 Å². The highest BCUT2D eigenvalue weighted by molar-refractivity contribution is 5.58. The summed E-state index contributed by atoms with van der Waals surface area (Å²) in [6.45, 7) is 0.306. The van der Waals surface area contributed by atoms with E-state index in [1.807, 2.05) is 0 Å². The van der Waals surface area contributed by atoms with Crippen LogP contribution in [0.3, 0.4) is 0 Å². The van der Waals surface area contributed by atoms with Crippen LogP contribution in [0.2, 0.25) is 0 Å². The number of nitrogens with one attached hydrogen (secondary N) is 1. The number of alkyl halides is 6. The number of halogens is 6. The molecule has 4 rings (SSSR count). The van der Waals surface area contributed by atoms with Crippen molar-refractivity contribution in [3.8, 4) is 17.0 Å². The summed E-state index contributed by atoms with van der Waals surface area (Å²) in [5.41, 5.74) is -0.0200. The van der Waals surface area contributed by atoms with Gasteiger partial charge in [0.15, 0.2) is 5.69 Å². The van der Waals surface area contributed by atoms with E-state index in [1.165, 1.54) is 18.3 Å². The molecule has 0 saturated heterocycles. The zero-order chi connectivity index (χ0) is 22.9. The molecule has 0 saturated carbocycles. The molecule has 0 aliphatic rings. The lowest BCUT2D eigenvalue weighted by molar-refractivity contribution is -0.141. The number of rotatable bonds is 5. The minimum atomic E-state index is -4.50. The molecule has 0 amide bonds. The van der Waals surface area contributed by atoms with Crippen LogP contribution in [0.25, 0.3) is 17.0 Å². The molecule has 4 aromatic rings. The quantitative estimate of drug-likeness (QED) is 0.340. The molecule has 2 heterocycles. The molecule has 32 heavy (non-hydrogen) atoms. The molecular formula is C22H15F6N3O. The fourth-order valence-corrected chi connectivity index (χ4v) is 2.99. The van der Waals surface area contributed by atoms with Crippen molar-refractivity contribution in [2.45, 2.75) is 18.9 Å². The molecule has 0 radical (unpaired) electrons. The van der Waals surface area contributed by atoms with Crippen LogP contribution in [-0.4, -0.2) is 9.78 Å². The van der Waals surface area contributed by atoms with E-state index in [1.54, 1.807) is 36.4 Å². The van der Waals surface area contributed by atoms with Gasteiger partial charge >= 0.3 is 12.4 Å². The maximum absolute atomic E-state index is 12.7. The Morgan fingerprint density at radius 2 is 1.47 bits per heavy atom. The van der Waals surface area contributed by atoms with Gasteiger partial charge in [0, 0.05) is 17.4 Å². The minimum Gasteiger partial charge on any atom is -0.459 e. The first kappa shape index (κ1) is 21.5. The van der Waals surface area contributed by atoms with Crippen LogP contribution in [0.15, 0.2) is 77.3 Å². The van der Waals surface area contributed by atoms with E-state index >= 15 is 0 Å². The smallest absolute Gasteiger partial charge is 0.435 e. The molecule has 166 valence electrons. The van der Waals surface area contributed by atoms with Crippen LogP contribution in [0, 0.1) is 0 Å². The van der Waals surface area contributed by atoms with Crippen molar-refractivity contribution in [2.24, 2.45) is 0 Å². The first-order valence-corrected chi connectivity index (χ1v) is 9.33. The Morgan fingerprint density at radius 3 is 2.06 bits per heavy atom. The van der Waals surface area contributed by atoms with Gasteiger partial charge in [-0.15, -0.1) is 0 Å². The van der Waals surface area contributed by atoms with Crippen molar-refractivity contribution in [1.82, 2.24) is 9.78 Å². The largest absolute Gasteiger partial charge is 0.459 e. The van der Waals surface area contributed by atoms with Crippen LogP contribution < -0.4 is 5.32 Å². The maximum Gasteiger partial charge on any atom is 0.435 e. The molecule has 1 N–H and O–H groups in total. The average Bonchev–Trinajstić information content (AvgIpc) is 3.42. The molecule has 2 aromatic heterocycles. The number of furan rings is 1. The lowest BCUT2D eigenvalue weighted by atomic mass is 10.1. The number of nitrogens with zero attached hydrogens (tertiary/aromatic N) is 2. The summed E-state index contributed by atoms with van der Waals surface area (Å²) in [4.78, 5) is 0. The van der Waals surface area contributed by atoms with Gasteiger partial charge in [-0.05, 0) is 54.6 Å². The monoisotopic (exact) mass is 451 g/mol. The molecule has 0 aliphatic carbocycles. The summed E-state index contributed by atoms with van der Waals surface area (Å²) >= 11 is 0. The molecule has 10 heteroatoms. The Morgan fingerprint density at radius 1 is 0.781 bits per heavy atom. The summed E-state index contributed by atoms with van der Waals surface area (Å²) in [7, 11) is 0. The predicted molar refractivity (Wildman–Crippen MR) is 105 cm³/mol. The van der Waals surface area contributed by atoms with E-state index in [0.717, 1.165) is 22.9 Å². The zero-order valence-electron chi connectivity index (χ0n) is 16.2. The van der Waals surface area contributed by atoms with Crippen molar-refractivity contribution in [1.29, 1.82) is 0 Å². The van der Waals surface area contributed by atoms with Crippen LogP contribution in [-0.2, 0) is 18.9 Å². The van der Waals surface area contributed by atoms with Crippen molar-refractivity contribution in [3.05, 3.63) is 89.9 Å². The predicted octanol–water partition coefficient (Wildman–Crippen LogP) is 6.78. The second-order valence-corrected chi connectivity index (χ2v) is 6.88. The first-order chi connectivity index (χ1) is 15.1. The highest BCUT2D eigenvalue weighted by Gasteiger charge is 2.33. The third-order valence-corrected chi connectivity index (χ3v) is 4.64. The van der Waals surface area contributed by atoms with Crippen molar-refractivity contribution in [3.63, 3.8) is 0 Å². The van der Waals surface area contributed by atoms with Gasteiger partial charge in [-0.1, -0.05) is 12.1 Å². The van der Waals surface area contributed by atoms with E-state index in [4.69, 9.17) is 4.42 Å². The minimum absolute atomic E-state index is 0.306. The maximum atomic E-state index is 12.7. The number of hydrogen-bond acceptors (Lipinski definition) is 3. The van der Waals surface area contributed by atoms with Gasteiger partial charge in [-0.3, -0.25) is 0 Å². The second kappa shape index (κ2) is 8.10. The number of hydrogen-bond donors (Lipinski definition) is 1. The Labute approximate surface area is 178 Å². The highest BCUT2D eigenvalue weighted by atomic mass is 19.4. The van der Waals surface area contributed by atoms with Crippen LogP contribution in [0.1, 0.15) is 17.0 Å². The molecule has 0 atom stereocenters. The second-order valence-electron chi connectivity index (χ2n) is 6.88. The Bertz CT molecular complexity index is 1190. The van der Waals surface area contributed by atoms with E-state index in [9.17, 15) is 26.3 Å². The van der Waals surface area contributed by atoms with Crippen LogP contribution in [0.4, 0.5) is 32.0 Å². The van der Waals surface area contributed by atoms with E-state index in [2.05, 4.69) is 10.4 Å². The zero-order valence-corrected chi connectivity index (χ0v) is 16.2. The van der Waals surface area contributed by atoms with E-state index < -0.39 is 23.6 Å². The summed E-state index contributed by atoms with van der Waals surface area (Å²) in [6, 6.07) is 15.6. The van der Waals surface area contributed by atoms with Gasteiger partial charge in [0.2, 0.25) is 0 Å². The average molecular weight is 451 g/mol. The molecule has 0 fully saturated rings. The van der Waals surface area contributed by atoms with Gasteiger partial charge in [-0.2, -0.15) is 31.4 Å². The molecule has 2 aromatic carbocycles. The number of anilines is 1. The molecule has 4 nitrogen and oxygen atoms in total. The van der Waals surface area contributed by atoms with Crippen molar-refractivity contribution < 1.29 is 30.8 Å². The topological polar surface area (TPSA) is 43.0 Å². The summed E-state index contributed by atoms with van der Waals surface area (Å²) in [6.07, 6.45) is -7.67. The van der Waals surface area contributed by atoms with Crippen LogP contribution in [0.5, 0.6) is 0 Å². The fraction of sp³-hybridized carbons (Fsp3) is 0.136. The van der Waals surface area contributed by atoms with E-state index in [-0.39, 0.29) is 0 Å². The van der Waals surface area contributed by atoms with Crippen molar-refractivity contribution >= 4 is 5.69 Å². The SMILES string of the molecule is FC(F)(F)c1ccc(-c2ccc(CNc3ccc(-n4ccc(C(F)(F)F)n4)cc3)o2)cc1. The summed E-state index contributed by atoms with van der Waals surface area (Å²) < 4.78 is 82.9. The van der Waals surface area contributed by atoms with Crippen molar-refractivity contribution in [2.75, 3.05) is 5.32 Å². The molecular weight excluding hydrogens is 436 g/mol. The Kier molecular flexibility index (Phi) is 5.45. The highest BCUT2D eigenvalue weighted by Crippen LogP contribution is 2.31. The Balaban J connectivity index is 1.38. The first-order valence-electron chi connectivity index (χ1n) is 9.33. The summed E-state index contributed by atoms with van der Waals surface area (Å²) in [5.74, 6) is 0.996. The van der Waals surface area contributed by atoms with Gasteiger partial charge in [0.1, 0.15) is 11.5 Å². The molecule has 0 spiro atoms. The number of benzene rings is 2. The Hall–Kier alpha value is -3.69.